The van der Waals surface area contributed by atoms with Crippen molar-refractivity contribution in [3.05, 3.63) is 0 Å². The highest BCUT2D eigenvalue weighted by molar-refractivity contribution is 4.92. The largest absolute Gasteiger partial charge is 0.271 e. The molecule has 2 heteroatoms. The third kappa shape index (κ3) is 2.05. The van der Waals surface area contributed by atoms with E-state index >= 15 is 0 Å². The first kappa shape index (κ1) is 9.47. The van der Waals surface area contributed by atoms with Crippen LogP contribution in [0.1, 0.15) is 45.4 Å². The summed E-state index contributed by atoms with van der Waals surface area (Å²) in [5.41, 5.74) is 3.05. The third-order valence-electron chi connectivity index (χ3n) is 3.99. The fourth-order valence-electron chi connectivity index (χ4n) is 2.92. The Morgan fingerprint density at radius 1 is 1.23 bits per heavy atom. The van der Waals surface area contributed by atoms with Gasteiger partial charge in [-0.2, -0.15) is 0 Å². The van der Waals surface area contributed by atoms with Crippen LogP contribution in [0.3, 0.4) is 0 Å². The Hall–Kier alpha value is -0.0800. The van der Waals surface area contributed by atoms with Crippen molar-refractivity contribution in [2.75, 3.05) is 0 Å². The monoisotopic (exact) mass is 182 g/mol. The molecule has 2 nitrogen and oxygen atoms in total. The van der Waals surface area contributed by atoms with Gasteiger partial charge in [0.2, 0.25) is 0 Å². The average molecular weight is 182 g/mol. The van der Waals surface area contributed by atoms with Crippen LogP contribution in [-0.4, -0.2) is 6.04 Å². The standard InChI is InChI=1S/C11H22N2/c1-2-8-3-4-10(7-8)11(13-12)9-5-6-9/h8-11,13H,2-7,12H2,1H3. The Balaban J connectivity index is 1.85. The second-order valence-corrected chi connectivity index (χ2v) is 4.88. The van der Waals surface area contributed by atoms with E-state index in [1.807, 2.05) is 0 Å². The predicted molar refractivity (Wildman–Crippen MR) is 55.0 cm³/mol. The Kier molecular flexibility index (Phi) is 2.89. The van der Waals surface area contributed by atoms with Crippen molar-refractivity contribution in [2.45, 2.75) is 51.5 Å². The van der Waals surface area contributed by atoms with Gasteiger partial charge in [0, 0.05) is 6.04 Å². The summed E-state index contributed by atoms with van der Waals surface area (Å²) in [6.45, 7) is 2.31. The van der Waals surface area contributed by atoms with E-state index in [0.717, 1.165) is 17.8 Å². The van der Waals surface area contributed by atoms with Crippen LogP contribution < -0.4 is 11.3 Å². The zero-order valence-corrected chi connectivity index (χ0v) is 8.63. The van der Waals surface area contributed by atoms with E-state index in [-0.39, 0.29) is 0 Å². The smallest absolute Gasteiger partial charge is 0.0267 e. The highest BCUT2D eigenvalue weighted by Gasteiger charge is 2.38. The van der Waals surface area contributed by atoms with Gasteiger partial charge in [0.15, 0.2) is 0 Å². The molecule has 0 aromatic heterocycles. The average Bonchev–Trinajstić information content (AvgIpc) is 2.85. The molecule has 2 rings (SSSR count). The highest BCUT2D eigenvalue weighted by atomic mass is 15.2. The number of hydrazine groups is 1. The molecule has 3 atom stereocenters. The molecule has 0 aromatic rings. The van der Waals surface area contributed by atoms with Crippen LogP contribution in [0, 0.1) is 17.8 Å². The number of nitrogens with two attached hydrogens (primary N) is 1. The molecule has 0 bridgehead atoms. The first-order valence-electron chi connectivity index (χ1n) is 5.81. The molecule has 2 aliphatic carbocycles. The minimum Gasteiger partial charge on any atom is -0.271 e. The van der Waals surface area contributed by atoms with Crippen molar-refractivity contribution in [3.8, 4) is 0 Å². The molecule has 2 saturated carbocycles. The van der Waals surface area contributed by atoms with E-state index in [0.29, 0.717) is 6.04 Å². The van der Waals surface area contributed by atoms with Crippen LogP contribution in [0.15, 0.2) is 0 Å². The van der Waals surface area contributed by atoms with Crippen molar-refractivity contribution >= 4 is 0 Å². The maximum absolute atomic E-state index is 5.63. The van der Waals surface area contributed by atoms with Crippen LogP contribution in [0.2, 0.25) is 0 Å². The van der Waals surface area contributed by atoms with Gasteiger partial charge in [-0.15, -0.1) is 0 Å². The lowest BCUT2D eigenvalue weighted by Crippen LogP contribution is -2.41. The molecule has 0 amide bonds. The minimum atomic E-state index is 0.636. The van der Waals surface area contributed by atoms with E-state index in [1.54, 1.807) is 0 Å². The Morgan fingerprint density at radius 2 is 1.92 bits per heavy atom. The Labute approximate surface area is 81.2 Å². The quantitative estimate of drug-likeness (QED) is 0.516. The van der Waals surface area contributed by atoms with Gasteiger partial charge < -0.3 is 0 Å². The van der Waals surface area contributed by atoms with E-state index in [2.05, 4.69) is 12.3 Å². The van der Waals surface area contributed by atoms with E-state index in [1.165, 1.54) is 38.5 Å². The second kappa shape index (κ2) is 3.97. The molecule has 2 fully saturated rings. The third-order valence-corrected chi connectivity index (χ3v) is 3.99. The zero-order chi connectivity index (χ0) is 9.26. The number of rotatable bonds is 4. The first-order chi connectivity index (χ1) is 6.35. The SMILES string of the molecule is CCC1CCC(C(NN)C2CC2)C1. The van der Waals surface area contributed by atoms with Crippen molar-refractivity contribution in [1.29, 1.82) is 0 Å². The summed E-state index contributed by atoms with van der Waals surface area (Å²) < 4.78 is 0. The normalized spacial score (nSPS) is 36.5. The minimum absolute atomic E-state index is 0.636. The molecule has 0 radical (unpaired) electrons. The van der Waals surface area contributed by atoms with Crippen molar-refractivity contribution in [2.24, 2.45) is 23.6 Å². The Bertz CT molecular complexity index is 165. The molecule has 0 saturated heterocycles. The van der Waals surface area contributed by atoms with Crippen molar-refractivity contribution < 1.29 is 0 Å². The molecule has 3 unspecified atom stereocenters. The van der Waals surface area contributed by atoms with Gasteiger partial charge in [0.1, 0.15) is 0 Å². The summed E-state index contributed by atoms with van der Waals surface area (Å²) in [7, 11) is 0. The summed E-state index contributed by atoms with van der Waals surface area (Å²) in [6, 6.07) is 0.636. The van der Waals surface area contributed by atoms with Gasteiger partial charge >= 0.3 is 0 Å². The number of hydrogen-bond acceptors (Lipinski definition) is 2. The summed E-state index contributed by atoms with van der Waals surface area (Å²) in [5.74, 6) is 8.40. The zero-order valence-electron chi connectivity index (χ0n) is 8.63. The molecule has 0 heterocycles. The molecular weight excluding hydrogens is 160 g/mol. The van der Waals surface area contributed by atoms with Gasteiger partial charge in [0.05, 0.1) is 0 Å². The lowest BCUT2D eigenvalue weighted by molar-refractivity contribution is 0.319. The first-order valence-corrected chi connectivity index (χ1v) is 5.81. The summed E-state index contributed by atoms with van der Waals surface area (Å²) in [5, 5.41) is 0. The van der Waals surface area contributed by atoms with E-state index < -0.39 is 0 Å². The van der Waals surface area contributed by atoms with Crippen LogP contribution in [0.25, 0.3) is 0 Å². The molecule has 0 aliphatic heterocycles. The lowest BCUT2D eigenvalue weighted by Gasteiger charge is -2.22. The van der Waals surface area contributed by atoms with Crippen LogP contribution in [0.4, 0.5) is 0 Å². The molecule has 0 spiro atoms. The summed E-state index contributed by atoms with van der Waals surface area (Å²) >= 11 is 0. The number of hydrogen-bond donors (Lipinski definition) is 2. The molecular formula is C11H22N2. The predicted octanol–water partition coefficient (Wildman–Crippen LogP) is 2.05. The maximum atomic E-state index is 5.63. The van der Waals surface area contributed by atoms with E-state index in [9.17, 15) is 0 Å². The summed E-state index contributed by atoms with van der Waals surface area (Å²) in [6.07, 6.45) is 8.43. The van der Waals surface area contributed by atoms with Gasteiger partial charge in [-0.05, 0) is 43.4 Å². The molecule has 3 N–H and O–H groups in total. The van der Waals surface area contributed by atoms with Crippen molar-refractivity contribution in [3.63, 3.8) is 0 Å². The highest BCUT2D eigenvalue weighted by Crippen LogP contribution is 2.43. The topological polar surface area (TPSA) is 38.0 Å². The van der Waals surface area contributed by atoms with Crippen molar-refractivity contribution in [1.82, 2.24) is 5.43 Å². The second-order valence-electron chi connectivity index (χ2n) is 4.88. The fraction of sp³-hybridized carbons (Fsp3) is 1.00. The van der Waals surface area contributed by atoms with Crippen LogP contribution in [0.5, 0.6) is 0 Å². The van der Waals surface area contributed by atoms with Gasteiger partial charge in [-0.3, -0.25) is 11.3 Å². The van der Waals surface area contributed by atoms with Gasteiger partial charge in [-0.25, -0.2) is 0 Å². The molecule has 2 aliphatic rings. The van der Waals surface area contributed by atoms with Gasteiger partial charge in [0.25, 0.3) is 0 Å². The molecule has 0 aromatic carbocycles. The summed E-state index contributed by atoms with van der Waals surface area (Å²) in [4.78, 5) is 0. The van der Waals surface area contributed by atoms with Gasteiger partial charge in [-0.1, -0.05) is 19.8 Å². The van der Waals surface area contributed by atoms with E-state index in [4.69, 9.17) is 5.84 Å². The fourth-order valence-corrected chi connectivity index (χ4v) is 2.92. The number of nitrogens with one attached hydrogen (secondary N) is 1. The molecule has 76 valence electrons. The van der Waals surface area contributed by atoms with Crippen LogP contribution >= 0.6 is 0 Å². The Morgan fingerprint density at radius 3 is 2.38 bits per heavy atom. The maximum Gasteiger partial charge on any atom is 0.0267 e. The van der Waals surface area contributed by atoms with Crippen LogP contribution in [-0.2, 0) is 0 Å². The molecule has 13 heavy (non-hydrogen) atoms. The lowest BCUT2D eigenvalue weighted by atomic mass is 9.93.